The van der Waals surface area contributed by atoms with Crippen molar-refractivity contribution in [3.05, 3.63) is 60.4 Å². The third-order valence-corrected chi connectivity index (χ3v) is 3.16. The summed E-state index contributed by atoms with van der Waals surface area (Å²) in [6, 6.07) is 14.8. The molecule has 1 aromatic carbocycles. The van der Waals surface area contributed by atoms with E-state index in [0.717, 1.165) is 0 Å². The van der Waals surface area contributed by atoms with Crippen molar-refractivity contribution in [3.8, 4) is 11.3 Å². The molecule has 0 amide bonds. The molecule has 0 fully saturated rings. The van der Waals surface area contributed by atoms with E-state index in [-0.39, 0.29) is 0 Å². The Hall–Kier alpha value is -2.09. The molecule has 0 saturated carbocycles. The topological polar surface area (TPSA) is 9.03 Å². The maximum atomic E-state index is 2.22. The van der Waals surface area contributed by atoms with Gasteiger partial charge in [0.25, 0.3) is 5.65 Å². The van der Waals surface area contributed by atoms with E-state index in [2.05, 4.69) is 71.7 Å². The predicted molar refractivity (Wildman–Crippen MR) is 68.7 cm³/mol. The number of aromatic nitrogens is 2. The lowest BCUT2D eigenvalue weighted by Crippen LogP contribution is -2.18. The van der Waals surface area contributed by atoms with E-state index in [1.165, 1.54) is 22.5 Å². The van der Waals surface area contributed by atoms with E-state index in [1.807, 2.05) is 6.07 Å². The Morgan fingerprint density at radius 2 is 1.82 bits per heavy atom. The molecule has 0 N–H and O–H groups in total. The molecule has 0 unspecified atom stereocenters. The Balaban J connectivity index is 2.28. The molecule has 2 nitrogen and oxygen atoms in total. The summed E-state index contributed by atoms with van der Waals surface area (Å²) in [5.74, 6) is 0. The Kier molecular flexibility index (Phi) is 2.22. The molecule has 84 valence electrons. The minimum Gasteiger partial charge on any atom is -0.226 e. The number of benzene rings is 1. The molecule has 0 aliphatic rings. The fourth-order valence-electron chi connectivity index (χ4n) is 2.20. The zero-order valence-electron chi connectivity index (χ0n) is 10.1. The number of fused-ring (bicyclic) bond motifs is 1. The predicted octanol–water partition coefficient (Wildman–Crippen LogP) is 2.74. The van der Waals surface area contributed by atoms with Crippen LogP contribution in [0, 0.1) is 6.92 Å². The van der Waals surface area contributed by atoms with Gasteiger partial charge < -0.3 is 0 Å². The number of imidazole rings is 1. The Labute approximate surface area is 101 Å². The van der Waals surface area contributed by atoms with Crippen LogP contribution in [-0.2, 0) is 7.05 Å². The molecule has 0 spiro atoms. The summed E-state index contributed by atoms with van der Waals surface area (Å²) < 4.78 is 4.39. The number of pyridine rings is 1. The first-order valence-corrected chi connectivity index (χ1v) is 5.78. The van der Waals surface area contributed by atoms with E-state index in [1.54, 1.807) is 0 Å². The summed E-state index contributed by atoms with van der Waals surface area (Å²) in [6.07, 6.45) is 4.28. The van der Waals surface area contributed by atoms with Crippen molar-refractivity contribution in [3.63, 3.8) is 0 Å². The first kappa shape index (κ1) is 10.1. The molecule has 2 aromatic heterocycles. The van der Waals surface area contributed by atoms with Crippen LogP contribution in [0.25, 0.3) is 16.9 Å². The second kappa shape index (κ2) is 3.74. The summed E-state index contributed by atoms with van der Waals surface area (Å²) in [4.78, 5) is 0. The minimum absolute atomic E-state index is 1.21. The summed E-state index contributed by atoms with van der Waals surface area (Å²) >= 11 is 0. The molecule has 0 bridgehead atoms. The van der Waals surface area contributed by atoms with Gasteiger partial charge in [0.15, 0.2) is 5.69 Å². The molecule has 17 heavy (non-hydrogen) atoms. The van der Waals surface area contributed by atoms with Gasteiger partial charge in [-0.25, -0.2) is 8.97 Å². The van der Waals surface area contributed by atoms with Gasteiger partial charge in [-0.1, -0.05) is 30.3 Å². The lowest BCUT2D eigenvalue weighted by atomic mass is 10.2. The fraction of sp³-hybridized carbons (Fsp3) is 0.133. The van der Waals surface area contributed by atoms with E-state index in [4.69, 9.17) is 0 Å². The van der Waals surface area contributed by atoms with Gasteiger partial charge in [-0.3, -0.25) is 0 Å². The smallest absolute Gasteiger partial charge is 0.226 e. The molecular weight excluding hydrogens is 208 g/mol. The second-order valence-corrected chi connectivity index (χ2v) is 4.41. The van der Waals surface area contributed by atoms with Gasteiger partial charge in [-0.05, 0) is 18.6 Å². The summed E-state index contributed by atoms with van der Waals surface area (Å²) in [5.41, 5.74) is 4.97. The van der Waals surface area contributed by atoms with Crippen LogP contribution in [0.4, 0.5) is 0 Å². The van der Waals surface area contributed by atoms with Crippen LogP contribution in [-0.4, -0.2) is 4.57 Å². The Morgan fingerprint density at radius 3 is 2.59 bits per heavy atom. The number of rotatable bonds is 1. The van der Waals surface area contributed by atoms with Gasteiger partial charge in [0.1, 0.15) is 6.20 Å². The van der Waals surface area contributed by atoms with Crippen LogP contribution in [0.3, 0.4) is 0 Å². The van der Waals surface area contributed by atoms with Gasteiger partial charge in [-0.2, -0.15) is 0 Å². The lowest BCUT2D eigenvalue weighted by Gasteiger charge is -1.96. The minimum atomic E-state index is 1.21. The summed E-state index contributed by atoms with van der Waals surface area (Å²) in [6.45, 7) is 2.12. The lowest BCUT2D eigenvalue weighted by molar-refractivity contribution is -0.510. The van der Waals surface area contributed by atoms with Crippen molar-refractivity contribution in [1.29, 1.82) is 0 Å². The molecule has 0 atom stereocenters. The van der Waals surface area contributed by atoms with Gasteiger partial charge in [0.2, 0.25) is 0 Å². The van der Waals surface area contributed by atoms with Crippen molar-refractivity contribution in [2.45, 2.75) is 6.92 Å². The first-order chi connectivity index (χ1) is 8.25. The van der Waals surface area contributed by atoms with Gasteiger partial charge >= 0.3 is 0 Å². The van der Waals surface area contributed by atoms with Crippen LogP contribution >= 0.6 is 0 Å². The third-order valence-electron chi connectivity index (χ3n) is 3.16. The Bertz CT molecular complexity index is 666. The SMILES string of the molecule is Cc1cc[n+]2cc(-c3ccccc3)n(C)c2c1. The molecule has 0 aliphatic heterocycles. The van der Waals surface area contributed by atoms with Crippen molar-refractivity contribution in [2.24, 2.45) is 7.05 Å². The molecule has 2 heteroatoms. The van der Waals surface area contributed by atoms with Gasteiger partial charge in [-0.15, -0.1) is 0 Å². The monoisotopic (exact) mass is 223 g/mol. The molecular formula is C15H15N2+. The standard InChI is InChI=1S/C15H15N2/c1-12-8-9-17-11-14(16(2)15(17)10-12)13-6-4-3-5-7-13/h3-11H,1-2H3/q+1. The number of hydrogen-bond donors (Lipinski definition) is 0. The van der Waals surface area contributed by atoms with Gasteiger partial charge in [0, 0.05) is 11.6 Å². The number of nitrogens with zero attached hydrogens (tertiary/aromatic N) is 2. The average molecular weight is 223 g/mol. The molecule has 3 aromatic rings. The molecule has 0 aliphatic carbocycles. The molecule has 3 rings (SSSR count). The molecule has 0 saturated heterocycles. The maximum absolute atomic E-state index is 2.22. The van der Waals surface area contributed by atoms with Crippen molar-refractivity contribution in [1.82, 2.24) is 4.57 Å². The quantitative estimate of drug-likeness (QED) is 0.561. The highest BCUT2D eigenvalue weighted by Gasteiger charge is 2.15. The zero-order chi connectivity index (χ0) is 11.8. The van der Waals surface area contributed by atoms with E-state index in [9.17, 15) is 0 Å². The van der Waals surface area contributed by atoms with Crippen LogP contribution < -0.4 is 4.40 Å². The maximum Gasteiger partial charge on any atom is 0.286 e. The van der Waals surface area contributed by atoms with E-state index < -0.39 is 0 Å². The van der Waals surface area contributed by atoms with Gasteiger partial charge in [0.05, 0.1) is 13.2 Å². The van der Waals surface area contributed by atoms with E-state index >= 15 is 0 Å². The normalized spacial score (nSPS) is 10.9. The van der Waals surface area contributed by atoms with Crippen molar-refractivity contribution < 1.29 is 4.40 Å². The summed E-state index contributed by atoms with van der Waals surface area (Å²) in [7, 11) is 2.11. The molecule has 0 radical (unpaired) electrons. The first-order valence-electron chi connectivity index (χ1n) is 5.78. The van der Waals surface area contributed by atoms with Crippen molar-refractivity contribution >= 4 is 5.65 Å². The van der Waals surface area contributed by atoms with Crippen LogP contribution in [0.2, 0.25) is 0 Å². The second-order valence-electron chi connectivity index (χ2n) is 4.41. The van der Waals surface area contributed by atoms with Crippen LogP contribution in [0.1, 0.15) is 5.56 Å². The molecule has 2 heterocycles. The summed E-state index contributed by atoms with van der Waals surface area (Å²) in [5, 5.41) is 0. The average Bonchev–Trinajstić information content (AvgIpc) is 2.68. The largest absolute Gasteiger partial charge is 0.286 e. The number of aryl methyl sites for hydroxylation is 2. The highest BCUT2D eigenvalue weighted by atomic mass is 15.1. The number of hydrogen-bond acceptors (Lipinski definition) is 0. The zero-order valence-corrected chi connectivity index (χ0v) is 10.1. The van der Waals surface area contributed by atoms with Crippen LogP contribution in [0.15, 0.2) is 54.9 Å². The Morgan fingerprint density at radius 1 is 1.06 bits per heavy atom. The van der Waals surface area contributed by atoms with E-state index in [0.29, 0.717) is 0 Å². The third kappa shape index (κ3) is 1.62. The van der Waals surface area contributed by atoms with Crippen LogP contribution in [0.5, 0.6) is 0 Å². The highest BCUT2D eigenvalue weighted by molar-refractivity contribution is 5.61. The fourth-order valence-corrected chi connectivity index (χ4v) is 2.20. The highest BCUT2D eigenvalue weighted by Crippen LogP contribution is 2.19. The van der Waals surface area contributed by atoms with Crippen molar-refractivity contribution in [2.75, 3.05) is 0 Å².